The predicted octanol–water partition coefficient (Wildman–Crippen LogP) is 11.2. The summed E-state index contributed by atoms with van der Waals surface area (Å²) >= 11 is 0. The van der Waals surface area contributed by atoms with E-state index in [4.69, 9.17) is 52.9 Å². The molecule has 0 amide bonds. The minimum atomic E-state index is -0.916. The number of unbranched alkanes of at least 4 members (excludes halogenated alkanes) is 2. The molecule has 4 aromatic rings. The van der Waals surface area contributed by atoms with Gasteiger partial charge in [0, 0.05) is 23.6 Å². The largest absolute Gasteiger partial charge is 0.368 e. The van der Waals surface area contributed by atoms with E-state index >= 15 is 0 Å². The molecule has 4 aliphatic rings. The van der Waals surface area contributed by atoms with Crippen molar-refractivity contribution in [2.24, 2.45) is 28.8 Å². The molecule has 0 bridgehead atoms. The summed E-state index contributed by atoms with van der Waals surface area (Å²) in [6, 6.07) is 34.9. The molecule has 4 heterocycles. The van der Waals surface area contributed by atoms with Crippen molar-refractivity contribution in [2.45, 2.75) is 161 Å². The Balaban J connectivity index is 1.10. The smallest absolute Gasteiger partial charge is 0.187 e. The molecule has 4 saturated heterocycles. The van der Waals surface area contributed by atoms with Crippen LogP contribution in [0.15, 0.2) is 108 Å². The van der Waals surface area contributed by atoms with Crippen molar-refractivity contribution in [3.63, 3.8) is 0 Å². The first kappa shape index (κ1) is 49.5. The molecule has 67 heavy (non-hydrogen) atoms. The average Bonchev–Trinajstić information content (AvgIpc) is 3.36. The molecule has 7 unspecified atom stereocenters. The summed E-state index contributed by atoms with van der Waals surface area (Å²) in [6.07, 6.45) is -2.27. The highest BCUT2D eigenvalue weighted by molar-refractivity contribution is 5.82. The number of rotatable bonds is 20. The lowest BCUT2D eigenvalue weighted by Gasteiger charge is -2.52. The van der Waals surface area contributed by atoms with Gasteiger partial charge in [-0.3, -0.25) is 0 Å². The quantitative estimate of drug-likeness (QED) is 0.0364. The molecule has 0 N–H and O–H groups in total. The number of benzene rings is 4. The SMILES string of the molecule is CCC1O[C@H](OC2[C@@H](OCCCCCN=[N+]=[N-])OC(CC)[C@@H](C)[C@@H]2C)C(O[C@@H]2OC3COC(c4ccccc4)O[C@H]3[C@H](OCc3ccc4ccccc4c3)C2OCc2ccccc2)[C@@H](C)[C@@H]1C. The molecule has 0 aromatic heterocycles. The van der Waals surface area contributed by atoms with Gasteiger partial charge < -0.3 is 47.4 Å². The second kappa shape index (κ2) is 24.1. The number of azide groups is 1. The van der Waals surface area contributed by atoms with Gasteiger partial charge in [-0.05, 0) is 82.9 Å². The molecule has 8 rings (SSSR count). The second-order valence-electron chi connectivity index (χ2n) is 18.9. The summed E-state index contributed by atoms with van der Waals surface area (Å²) in [6.45, 7) is 15.0. The van der Waals surface area contributed by atoms with E-state index in [1.807, 2.05) is 48.5 Å². The van der Waals surface area contributed by atoms with Crippen LogP contribution in [0, 0.1) is 23.7 Å². The molecule has 0 radical (unpaired) electrons. The third kappa shape index (κ3) is 12.1. The maximum Gasteiger partial charge on any atom is 0.187 e. The molecular weight excluding hydrogens is 851 g/mol. The molecule has 362 valence electrons. The Kier molecular flexibility index (Phi) is 17.8. The van der Waals surface area contributed by atoms with Gasteiger partial charge in [-0.2, -0.15) is 0 Å². The van der Waals surface area contributed by atoms with Gasteiger partial charge in [0.05, 0.1) is 32.0 Å². The zero-order valence-corrected chi connectivity index (χ0v) is 40.0. The zero-order valence-electron chi connectivity index (χ0n) is 40.0. The highest BCUT2D eigenvalue weighted by atomic mass is 16.8. The summed E-state index contributed by atoms with van der Waals surface area (Å²) in [5.41, 5.74) is 11.6. The Morgan fingerprint density at radius 2 is 1.19 bits per heavy atom. The van der Waals surface area contributed by atoms with Crippen molar-refractivity contribution in [3.8, 4) is 0 Å². The Hall–Kier alpha value is -3.95. The van der Waals surface area contributed by atoms with Gasteiger partial charge in [-0.15, -0.1) is 0 Å². The Morgan fingerprint density at radius 3 is 1.90 bits per heavy atom. The summed E-state index contributed by atoms with van der Waals surface area (Å²) < 4.78 is 69.1. The second-order valence-corrected chi connectivity index (χ2v) is 18.9. The van der Waals surface area contributed by atoms with E-state index in [1.165, 1.54) is 5.39 Å². The number of hydrogen-bond acceptors (Lipinski definition) is 11. The van der Waals surface area contributed by atoms with E-state index in [9.17, 15) is 0 Å². The van der Waals surface area contributed by atoms with Gasteiger partial charge in [-0.25, -0.2) is 0 Å². The van der Waals surface area contributed by atoms with Crippen molar-refractivity contribution in [3.05, 3.63) is 130 Å². The first-order chi connectivity index (χ1) is 32.8. The summed E-state index contributed by atoms with van der Waals surface area (Å²) in [7, 11) is 0. The fourth-order valence-electron chi connectivity index (χ4n) is 10.2. The summed E-state index contributed by atoms with van der Waals surface area (Å²) in [5, 5.41) is 5.99. The molecule has 0 spiro atoms. The lowest BCUT2D eigenvalue weighted by atomic mass is 9.81. The van der Waals surface area contributed by atoms with Gasteiger partial charge in [0.2, 0.25) is 0 Å². The maximum absolute atomic E-state index is 8.70. The zero-order chi connectivity index (χ0) is 46.7. The van der Waals surface area contributed by atoms with Crippen molar-refractivity contribution in [1.29, 1.82) is 0 Å². The summed E-state index contributed by atoms with van der Waals surface area (Å²) in [5.74, 6) is 0.432. The Morgan fingerprint density at radius 1 is 0.582 bits per heavy atom. The standard InChI is InChI=1S/C54H71N3O10/c1-7-43-34(3)36(5)46(52(62-43)58-29-19-11-18-28-56-57-55)65-53-47(37(6)35(4)44(8-2)63-53)66-54-50(60-31-38-20-12-9-13-21-38)49(59-32-39-26-27-40-22-16-17-25-42(40)30-39)48-45(64-54)33-61-51(67-48)41-23-14-10-15-24-41/h9-10,12-17,20-27,30,34-37,43-54H,7-8,11,18-19,28-29,31-33H2,1-6H3/t34-,35-,36-,37-,43?,44?,45?,46?,47?,48+,49-,50?,51?,52-,53+,54-/m0/s1. The van der Waals surface area contributed by atoms with Crippen LogP contribution >= 0.6 is 0 Å². The molecular formula is C54H71N3O10. The molecule has 4 aromatic carbocycles. The van der Waals surface area contributed by atoms with Gasteiger partial charge in [0.25, 0.3) is 0 Å². The van der Waals surface area contributed by atoms with E-state index < -0.39 is 61.8 Å². The van der Waals surface area contributed by atoms with Gasteiger partial charge in [-0.1, -0.05) is 150 Å². The number of hydrogen-bond donors (Lipinski definition) is 0. The summed E-state index contributed by atoms with van der Waals surface area (Å²) in [4.78, 5) is 2.88. The van der Waals surface area contributed by atoms with Crippen LogP contribution in [0.1, 0.15) is 96.6 Å². The highest BCUT2D eigenvalue weighted by Crippen LogP contribution is 2.43. The highest BCUT2D eigenvalue weighted by Gasteiger charge is 2.55. The average molecular weight is 922 g/mol. The van der Waals surface area contributed by atoms with E-state index in [0.717, 1.165) is 54.2 Å². The van der Waals surface area contributed by atoms with Crippen molar-refractivity contribution >= 4 is 10.8 Å². The molecule has 4 aliphatic heterocycles. The Labute approximate surface area is 396 Å². The fourth-order valence-corrected chi connectivity index (χ4v) is 10.2. The van der Waals surface area contributed by atoms with E-state index in [-0.39, 0.29) is 42.5 Å². The third-order valence-corrected chi connectivity index (χ3v) is 14.6. The van der Waals surface area contributed by atoms with Crippen molar-refractivity contribution in [1.82, 2.24) is 0 Å². The lowest BCUT2D eigenvalue weighted by molar-refractivity contribution is -0.401. The molecule has 0 aliphatic carbocycles. The van der Waals surface area contributed by atoms with Crippen LogP contribution in [0.2, 0.25) is 0 Å². The molecule has 4 fully saturated rings. The maximum atomic E-state index is 8.70. The minimum absolute atomic E-state index is 0.00542. The minimum Gasteiger partial charge on any atom is -0.368 e. The fraction of sp³-hybridized carbons (Fsp3) is 0.593. The van der Waals surface area contributed by atoms with Crippen molar-refractivity contribution < 1.29 is 47.4 Å². The topological polar surface area (TPSA) is 141 Å². The van der Waals surface area contributed by atoms with Gasteiger partial charge in [0.15, 0.2) is 25.2 Å². The van der Waals surface area contributed by atoms with E-state index in [1.54, 1.807) is 0 Å². The normalized spacial score (nSPS) is 34.3. The number of nitrogens with zero attached hydrogens (tertiary/aromatic N) is 3. The molecule has 13 nitrogen and oxygen atoms in total. The van der Waals surface area contributed by atoms with Crippen LogP contribution in [0.25, 0.3) is 21.2 Å². The first-order valence-corrected chi connectivity index (χ1v) is 24.7. The molecule has 0 saturated carbocycles. The van der Waals surface area contributed by atoms with Crippen LogP contribution in [-0.4, -0.2) is 87.5 Å². The van der Waals surface area contributed by atoms with Crippen LogP contribution in [0.3, 0.4) is 0 Å². The van der Waals surface area contributed by atoms with Gasteiger partial charge >= 0.3 is 0 Å². The monoisotopic (exact) mass is 922 g/mol. The molecule has 16 atom stereocenters. The van der Waals surface area contributed by atoms with Crippen LogP contribution in [0.4, 0.5) is 0 Å². The first-order valence-electron chi connectivity index (χ1n) is 24.7. The predicted molar refractivity (Wildman–Crippen MR) is 254 cm³/mol. The molecule has 13 heteroatoms. The van der Waals surface area contributed by atoms with Crippen LogP contribution in [-0.2, 0) is 60.6 Å². The third-order valence-electron chi connectivity index (χ3n) is 14.6. The number of ether oxygens (including phenoxy) is 10. The van der Waals surface area contributed by atoms with E-state index in [2.05, 4.69) is 106 Å². The van der Waals surface area contributed by atoms with Crippen LogP contribution in [0.5, 0.6) is 0 Å². The Bertz CT molecular complexity index is 2160. The number of fused-ring (bicyclic) bond motifs is 2. The van der Waals surface area contributed by atoms with Crippen LogP contribution < -0.4 is 0 Å². The van der Waals surface area contributed by atoms with E-state index in [0.29, 0.717) is 26.4 Å². The van der Waals surface area contributed by atoms with Crippen molar-refractivity contribution in [2.75, 3.05) is 19.8 Å². The van der Waals surface area contributed by atoms with Gasteiger partial charge in [0.1, 0.15) is 36.6 Å². The lowest BCUT2D eigenvalue weighted by Crippen LogP contribution is -2.65.